The molecule has 5 rings (SSSR count). The van der Waals surface area contributed by atoms with Crippen molar-refractivity contribution in [3.05, 3.63) is 47.7 Å². The predicted octanol–water partition coefficient (Wildman–Crippen LogP) is 2.50. The average molecular weight is 336 g/mol. The molecule has 128 valence electrons. The minimum absolute atomic E-state index is 0.0306. The molecule has 4 heterocycles. The first-order valence-corrected chi connectivity index (χ1v) is 8.61. The third kappa shape index (κ3) is 3.37. The number of carbonyl (C=O) groups excluding carboxylic acids is 1. The molecule has 0 spiro atoms. The van der Waals surface area contributed by atoms with E-state index in [4.69, 9.17) is 10.00 Å². The van der Waals surface area contributed by atoms with Gasteiger partial charge in [0.05, 0.1) is 0 Å². The number of amides is 1. The molecule has 0 saturated carbocycles. The lowest BCUT2D eigenvalue weighted by Crippen LogP contribution is -2.57. The Balaban J connectivity index is 1.38. The van der Waals surface area contributed by atoms with E-state index in [1.807, 2.05) is 6.07 Å². The number of aromatic amines is 1. The fourth-order valence-corrected chi connectivity index (χ4v) is 3.68. The summed E-state index contributed by atoms with van der Waals surface area (Å²) in [5, 5.41) is 12.0. The number of piperidine rings is 3. The predicted molar refractivity (Wildman–Crippen MR) is 92.4 cm³/mol. The first-order chi connectivity index (χ1) is 12.2. The van der Waals surface area contributed by atoms with Crippen LogP contribution in [0.15, 0.2) is 36.4 Å². The Labute approximate surface area is 146 Å². The molecule has 0 radical (unpaired) electrons. The Morgan fingerprint density at radius 3 is 2.56 bits per heavy atom. The number of nitriles is 1. The summed E-state index contributed by atoms with van der Waals surface area (Å²) in [5.41, 5.74) is 1.08. The molecule has 3 saturated heterocycles. The summed E-state index contributed by atoms with van der Waals surface area (Å²) in [6.45, 7) is 3.29. The Hall–Kier alpha value is -2.78. The number of hydrogen-bond donors (Lipinski definition) is 2. The van der Waals surface area contributed by atoms with Crippen LogP contribution in [-0.4, -0.2) is 41.5 Å². The number of aromatic nitrogens is 1. The van der Waals surface area contributed by atoms with Gasteiger partial charge >= 0.3 is 0 Å². The van der Waals surface area contributed by atoms with Gasteiger partial charge in [-0.1, -0.05) is 0 Å². The molecular weight excluding hydrogens is 316 g/mol. The Kier molecular flexibility index (Phi) is 4.16. The monoisotopic (exact) mass is 336 g/mol. The van der Waals surface area contributed by atoms with E-state index < -0.39 is 0 Å². The molecule has 6 nitrogen and oxygen atoms in total. The summed E-state index contributed by atoms with van der Waals surface area (Å²) in [4.78, 5) is 17.8. The van der Waals surface area contributed by atoms with E-state index >= 15 is 0 Å². The van der Waals surface area contributed by atoms with Gasteiger partial charge in [-0.3, -0.25) is 4.79 Å². The largest absolute Gasteiger partial charge is 0.441 e. The molecule has 25 heavy (non-hydrogen) atoms. The molecule has 6 heteroatoms. The van der Waals surface area contributed by atoms with Crippen molar-refractivity contribution >= 4 is 5.91 Å². The number of fused-ring (bicyclic) bond motifs is 3. The quantitative estimate of drug-likeness (QED) is 0.899. The highest BCUT2D eigenvalue weighted by molar-refractivity contribution is 5.94. The molecule has 1 atom stereocenters. The fraction of sp³-hybridized carbons (Fsp3) is 0.368. The van der Waals surface area contributed by atoms with Crippen LogP contribution in [0.1, 0.15) is 28.9 Å². The molecule has 1 amide bonds. The molecule has 2 aromatic rings. The van der Waals surface area contributed by atoms with E-state index in [1.165, 1.54) is 12.8 Å². The van der Waals surface area contributed by atoms with Crippen LogP contribution < -0.4 is 10.1 Å². The van der Waals surface area contributed by atoms with Gasteiger partial charge in [-0.15, -0.1) is 0 Å². The van der Waals surface area contributed by atoms with Crippen LogP contribution in [0.2, 0.25) is 0 Å². The topological polar surface area (TPSA) is 81.2 Å². The maximum absolute atomic E-state index is 12.5. The van der Waals surface area contributed by atoms with Crippen LogP contribution in [0.3, 0.4) is 0 Å². The molecule has 3 fully saturated rings. The van der Waals surface area contributed by atoms with Gasteiger partial charge in [0.25, 0.3) is 5.91 Å². The van der Waals surface area contributed by atoms with Crippen molar-refractivity contribution in [2.75, 3.05) is 19.6 Å². The van der Waals surface area contributed by atoms with Crippen LogP contribution >= 0.6 is 0 Å². The van der Waals surface area contributed by atoms with Crippen molar-refractivity contribution in [3.63, 3.8) is 0 Å². The van der Waals surface area contributed by atoms with Crippen molar-refractivity contribution in [3.8, 4) is 17.7 Å². The van der Waals surface area contributed by atoms with Crippen LogP contribution in [0, 0.1) is 17.2 Å². The van der Waals surface area contributed by atoms with Gasteiger partial charge in [-0.2, -0.15) is 5.26 Å². The van der Waals surface area contributed by atoms with Crippen molar-refractivity contribution in [2.24, 2.45) is 5.92 Å². The highest BCUT2D eigenvalue weighted by Crippen LogP contribution is 2.28. The summed E-state index contributed by atoms with van der Waals surface area (Å²) >= 11 is 0. The van der Waals surface area contributed by atoms with E-state index in [-0.39, 0.29) is 11.9 Å². The fourth-order valence-electron chi connectivity index (χ4n) is 3.68. The van der Waals surface area contributed by atoms with Crippen molar-refractivity contribution in [1.29, 1.82) is 5.26 Å². The number of H-pyrrole nitrogens is 1. The van der Waals surface area contributed by atoms with Gasteiger partial charge in [0.2, 0.25) is 0 Å². The first kappa shape index (κ1) is 15.7. The summed E-state index contributed by atoms with van der Waals surface area (Å²) in [7, 11) is 0. The lowest BCUT2D eigenvalue weighted by Gasteiger charge is -2.44. The van der Waals surface area contributed by atoms with Gasteiger partial charge in [-0.25, -0.2) is 0 Å². The van der Waals surface area contributed by atoms with Crippen molar-refractivity contribution in [2.45, 2.75) is 18.9 Å². The molecular formula is C19H20N4O2. The lowest BCUT2D eigenvalue weighted by molar-refractivity contribution is 0.0620. The summed E-state index contributed by atoms with van der Waals surface area (Å²) in [6.07, 6.45) is 2.36. The van der Waals surface area contributed by atoms with Gasteiger partial charge in [0, 0.05) is 24.2 Å². The maximum Gasteiger partial charge on any atom is 0.251 e. The number of benzene rings is 1. The number of nitrogens with zero attached hydrogens (tertiary/aromatic N) is 2. The molecule has 0 unspecified atom stereocenters. The second-order valence-electron chi connectivity index (χ2n) is 6.69. The van der Waals surface area contributed by atoms with Crippen LogP contribution in [0.5, 0.6) is 11.6 Å². The van der Waals surface area contributed by atoms with E-state index in [0.29, 0.717) is 28.8 Å². The van der Waals surface area contributed by atoms with E-state index in [2.05, 4.69) is 15.2 Å². The highest BCUT2D eigenvalue weighted by Gasteiger charge is 2.34. The summed E-state index contributed by atoms with van der Waals surface area (Å²) in [6, 6.07) is 12.7. The van der Waals surface area contributed by atoms with E-state index in [0.717, 1.165) is 19.6 Å². The van der Waals surface area contributed by atoms with Crippen LogP contribution in [0.4, 0.5) is 0 Å². The van der Waals surface area contributed by atoms with Crippen LogP contribution in [0.25, 0.3) is 0 Å². The Morgan fingerprint density at radius 1 is 1.20 bits per heavy atom. The van der Waals surface area contributed by atoms with Gasteiger partial charge < -0.3 is 19.9 Å². The smallest absolute Gasteiger partial charge is 0.251 e. The molecule has 2 N–H and O–H groups in total. The minimum atomic E-state index is -0.0306. The highest BCUT2D eigenvalue weighted by atomic mass is 16.5. The number of ether oxygens (including phenoxy) is 1. The number of hydrogen-bond acceptors (Lipinski definition) is 4. The SMILES string of the molecule is N#Cc1ccc(Oc2ccc(C(=O)N[C@H]3CN4CCC3CC4)cc2)[nH]1. The van der Waals surface area contributed by atoms with Gasteiger partial charge in [0.1, 0.15) is 17.5 Å². The zero-order chi connectivity index (χ0) is 17.2. The average Bonchev–Trinajstić information content (AvgIpc) is 3.11. The van der Waals surface area contributed by atoms with Crippen LogP contribution in [-0.2, 0) is 0 Å². The van der Waals surface area contributed by atoms with Gasteiger partial charge in [-0.05, 0) is 62.2 Å². The summed E-state index contributed by atoms with van der Waals surface area (Å²) < 4.78 is 5.64. The van der Waals surface area contributed by atoms with Gasteiger partial charge in [0.15, 0.2) is 5.88 Å². The third-order valence-corrected chi connectivity index (χ3v) is 5.10. The molecule has 0 aliphatic carbocycles. The second-order valence-corrected chi connectivity index (χ2v) is 6.69. The summed E-state index contributed by atoms with van der Waals surface area (Å²) in [5.74, 6) is 1.70. The zero-order valence-corrected chi connectivity index (χ0v) is 13.9. The third-order valence-electron chi connectivity index (χ3n) is 5.10. The van der Waals surface area contributed by atoms with Crippen molar-refractivity contribution in [1.82, 2.24) is 15.2 Å². The number of nitrogens with one attached hydrogen (secondary N) is 2. The van der Waals surface area contributed by atoms with E-state index in [9.17, 15) is 4.79 Å². The first-order valence-electron chi connectivity index (χ1n) is 8.61. The molecule has 1 aromatic heterocycles. The second kappa shape index (κ2) is 6.61. The molecule has 3 aliphatic rings. The zero-order valence-electron chi connectivity index (χ0n) is 13.9. The van der Waals surface area contributed by atoms with Crippen molar-refractivity contribution < 1.29 is 9.53 Å². The molecule has 1 aromatic carbocycles. The Morgan fingerprint density at radius 2 is 1.96 bits per heavy atom. The van der Waals surface area contributed by atoms with E-state index in [1.54, 1.807) is 36.4 Å². The molecule has 3 aliphatic heterocycles. The maximum atomic E-state index is 12.5. The molecule has 2 bridgehead atoms. The minimum Gasteiger partial charge on any atom is -0.441 e. The standard InChI is InChI=1S/C19H20N4O2/c20-11-15-3-6-18(21-15)25-16-4-1-14(2-5-16)19(24)22-17-12-23-9-7-13(17)8-10-23/h1-6,13,17,21H,7-10,12H2,(H,22,24)/t17-/m0/s1. The normalized spacial score (nSPS) is 24.5. The Bertz CT molecular complexity index is 798. The number of carbonyl (C=O) groups is 1. The number of rotatable bonds is 4. The lowest BCUT2D eigenvalue weighted by atomic mass is 9.84.